The zero-order valence-corrected chi connectivity index (χ0v) is 19.3. The number of hydrogen-bond acceptors (Lipinski definition) is 5. The number of nitrogens with one attached hydrogen (secondary N) is 1. The van der Waals surface area contributed by atoms with Crippen LogP contribution in [0.3, 0.4) is 0 Å². The Bertz CT molecular complexity index is 940. The fraction of sp³-hybridized carbons (Fsp3) is 0.619. The van der Waals surface area contributed by atoms with Crippen LogP contribution >= 0.6 is 11.8 Å². The summed E-state index contributed by atoms with van der Waals surface area (Å²) in [7, 11) is -3.55. The van der Waals surface area contributed by atoms with Crippen molar-refractivity contribution >= 4 is 39.3 Å². The van der Waals surface area contributed by atoms with Gasteiger partial charge in [0.25, 0.3) is 0 Å². The number of piperidine rings is 1. The third kappa shape index (κ3) is 3.87. The number of nitrogens with zero attached hydrogens (tertiary/aromatic N) is 2. The van der Waals surface area contributed by atoms with Gasteiger partial charge in [-0.05, 0) is 55.9 Å². The average molecular weight is 452 g/mol. The van der Waals surface area contributed by atoms with Crippen molar-refractivity contribution in [1.82, 2.24) is 9.21 Å². The number of carbonyl (C=O) groups is 2. The second kappa shape index (κ2) is 7.84. The Morgan fingerprint density at radius 1 is 1.17 bits per heavy atom. The van der Waals surface area contributed by atoms with E-state index in [1.165, 1.54) is 0 Å². The van der Waals surface area contributed by atoms with Crippen molar-refractivity contribution in [3.8, 4) is 0 Å². The maximum Gasteiger partial charge on any atom is 0.248 e. The van der Waals surface area contributed by atoms with E-state index in [1.807, 2.05) is 6.92 Å². The summed E-state index contributed by atoms with van der Waals surface area (Å²) in [5.41, 5.74) is 0.532. The lowest BCUT2D eigenvalue weighted by Crippen LogP contribution is -2.48. The summed E-state index contributed by atoms with van der Waals surface area (Å²) >= 11 is 1.65. The Kier molecular flexibility index (Phi) is 5.65. The minimum atomic E-state index is -3.55. The smallest absolute Gasteiger partial charge is 0.248 e. The van der Waals surface area contributed by atoms with Crippen LogP contribution in [0.5, 0.6) is 0 Å². The topological polar surface area (TPSA) is 86.8 Å². The Morgan fingerprint density at radius 2 is 1.80 bits per heavy atom. The third-order valence-electron chi connectivity index (χ3n) is 6.34. The molecule has 0 unspecified atom stereocenters. The molecule has 2 amide bonds. The van der Waals surface area contributed by atoms with Gasteiger partial charge >= 0.3 is 0 Å². The molecule has 4 atom stereocenters. The summed E-state index contributed by atoms with van der Waals surface area (Å²) in [6, 6.07) is 5.84. The Hall–Kier alpha value is -1.58. The van der Waals surface area contributed by atoms with E-state index in [1.54, 1.807) is 45.2 Å². The van der Waals surface area contributed by atoms with Crippen molar-refractivity contribution in [2.45, 2.75) is 55.8 Å². The molecule has 1 N–H and O–H groups in total. The molecule has 7 nitrogen and oxygen atoms in total. The van der Waals surface area contributed by atoms with Gasteiger partial charge in [0.15, 0.2) is 0 Å². The Morgan fingerprint density at radius 3 is 2.43 bits per heavy atom. The van der Waals surface area contributed by atoms with Crippen LogP contribution in [-0.2, 0) is 19.6 Å². The highest BCUT2D eigenvalue weighted by Crippen LogP contribution is 2.47. The fourth-order valence-electron chi connectivity index (χ4n) is 4.90. The SMILES string of the molecule is C[C@@H]1C[C@H](C)CN(S(=O)(=O)c2ccc(NC(=O)[C@@H]3CS[C@@]4(C)CCC(=O)N34)cc2)C1. The number of amides is 2. The molecule has 3 aliphatic rings. The van der Waals surface area contributed by atoms with Gasteiger partial charge < -0.3 is 10.2 Å². The number of hydrogen-bond donors (Lipinski definition) is 1. The van der Waals surface area contributed by atoms with Crippen LogP contribution in [0, 0.1) is 11.8 Å². The van der Waals surface area contributed by atoms with Gasteiger partial charge in [0, 0.05) is 31.0 Å². The quantitative estimate of drug-likeness (QED) is 0.761. The number of carbonyl (C=O) groups excluding carboxylic acids is 2. The predicted molar refractivity (Wildman–Crippen MR) is 118 cm³/mol. The van der Waals surface area contributed by atoms with Crippen molar-refractivity contribution in [3.05, 3.63) is 24.3 Å². The summed E-state index contributed by atoms with van der Waals surface area (Å²) in [5, 5.41) is 2.85. The van der Waals surface area contributed by atoms with Gasteiger partial charge in [-0.3, -0.25) is 9.59 Å². The van der Waals surface area contributed by atoms with E-state index >= 15 is 0 Å². The van der Waals surface area contributed by atoms with Crippen LogP contribution in [0.2, 0.25) is 0 Å². The first-order valence-electron chi connectivity index (χ1n) is 10.5. The van der Waals surface area contributed by atoms with Gasteiger partial charge in [-0.1, -0.05) is 13.8 Å². The van der Waals surface area contributed by atoms with Gasteiger partial charge in [-0.15, -0.1) is 11.8 Å². The van der Waals surface area contributed by atoms with Crippen molar-refractivity contribution in [2.24, 2.45) is 11.8 Å². The number of anilines is 1. The molecule has 3 heterocycles. The molecule has 1 aromatic rings. The first-order valence-corrected chi connectivity index (χ1v) is 12.9. The van der Waals surface area contributed by atoms with E-state index in [2.05, 4.69) is 19.2 Å². The highest BCUT2D eigenvalue weighted by atomic mass is 32.2. The minimum Gasteiger partial charge on any atom is -0.324 e. The van der Waals surface area contributed by atoms with Crippen molar-refractivity contribution in [2.75, 3.05) is 24.2 Å². The number of thioether (sulfide) groups is 1. The molecule has 164 valence electrons. The Balaban J connectivity index is 1.45. The number of fused-ring (bicyclic) bond motifs is 1. The van der Waals surface area contributed by atoms with Gasteiger partial charge in [0.2, 0.25) is 21.8 Å². The zero-order valence-electron chi connectivity index (χ0n) is 17.6. The first kappa shape index (κ1) is 21.6. The normalized spacial score (nSPS) is 32.3. The van der Waals surface area contributed by atoms with Crippen LogP contribution in [-0.4, -0.2) is 59.2 Å². The maximum absolute atomic E-state index is 13.0. The molecule has 4 rings (SSSR count). The molecule has 9 heteroatoms. The summed E-state index contributed by atoms with van der Waals surface area (Å²) in [5.74, 6) is 1.05. The van der Waals surface area contributed by atoms with E-state index in [0.29, 0.717) is 42.8 Å². The van der Waals surface area contributed by atoms with Gasteiger partial charge in [0.1, 0.15) is 6.04 Å². The second-order valence-corrected chi connectivity index (χ2v) is 12.5. The number of sulfonamides is 1. The first-order chi connectivity index (χ1) is 14.1. The molecule has 30 heavy (non-hydrogen) atoms. The van der Waals surface area contributed by atoms with Crippen LogP contribution in [0.15, 0.2) is 29.2 Å². The third-order valence-corrected chi connectivity index (χ3v) is 9.69. The highest BCUT2D eigenvalue weighted by Gasteiger charge is 2.52. The fourth-order valence-corrected chi connectivity index (χ4v) is 8.01. The largest absolute Gasteiger partial charge is 0.324 e. The van der Waals surface area contributed by atoms with Gasteiger partial charge in [0.05, 0.1) is 9.77 Å². The summed E-state index contributed by atoms with van der Waals surface area (Å²) in [4.78, 5) is 26.7. The number of rotatable bonds is 4. The molecule has 0 saturated carbocycles. The maximum atomic E-state index is 13.0. The molecular formula is C21H29N3O4S2. The molecule has 1 aromatic carbocycles. The lowest BCUT2D eigenvalue weighted by atomic mass is 9.94. The number of benzene rings is 1. The molecule has 0 aliphatic carbocycles. The molecule has 0 radical (unpaired) electrons. The monoisotopic (exact) mass is 451 g/mol. The molecule has 3 saturated heterocycles. The molecule has 0 bridgehead atoms. The van der Waals surface area contributed by atoms with Gasteiger partial charge in [-0.25, -0.2) is 8.42 Å². The lowest BCUT2D eigenvalue weighted by Gasteiger charge is -2.34. The zero-order chi connectivity index (χ0) is 21.7. The molecule has 0 aromatic heterocycles. The van der Waals surface area contributed by atoms with E-state index in [4.69, 9.17) is 0 Å². The van der Waals surface area contributed by atoms with E-state index in [-0.39, 0.29) is 21.6 Å². The highest BCUT2D eigenvalue weighted by molar-refractivity contribution is 8.01. The van der Waals surface area contributed by atoms with Crippen LogP contribution in [0.1, 0.15) is 40.0 Å². The van der Waals surface area contributed by atoms with Crippen LogP contribution < -0.4 is 5.32 Å². The molecule has 3 aliphatic heterocycles. The predicted octanol–water partition coefficient (Wildman–Crippen LogP) is 2.75. The summed E-state index contributed by atoms with van der Waals surface area (Å²) in [6.45, 7) is 7.24. The molecule has 3 fully saturated rings. The second-order valence-electron chi connectivity index (χ2n) is 9.05. The van der Waals surface area contributed by atoms with Crippen molar-refractivity contribution < 1.29 is 18.0 Å². The summed E-state index contributed by atoms with van der Waals surface area (Å²) in [6.07, 6.45) is 2.28. The van der Waals surface area contributed by atoms with Crippen LogP contribution in [0.25, 0.3) is 0 Å². The van der Waals surface area contributed by atoms with E-state index in [9.17, 15) is 18.0 Å². The Labute approximate surface area is 182 Å². The molecule has 0 spiro atoms. The summed E-state index contributed by atoms with van der Waals surface area (Å²) < 4.78 is 27.6. The molecular weight excluding hydrogens is 422 g/mol. The standard InChI is InChI=1S/C21H29N3O4S2/c1-14-10-15(2)12-23(11-14)30(27,28)17-6-4-16(5-7-17)22-20(26)18-13-29-21(3)9-8-19(25)24(18)21/h4-7,14-15,18H,8-13H2,1-3H3,(H,22,26)/t14-,15+,18-,21-/m0/s1. The van der Waals surface area contributed by atoms with Crippen molar-refractivity contribution in [1.29, 1.82) is 0 Å². The van der Waals surface area contributed by atoms with Gasteiger partial charge in [-0.2, -0.15) is 4.31 Å². The van der Waals surface area contributed by atoms with E-state index < -0.39 is 16.1 Å². The lowest BCUT2D eigenvalue weighted by molar-refractivity contribution is -0.135. The van der Waals surface area contributed by atoms with E-state index in [0.717, 1.165) is 12.8 Å². The van der Waals surface area contributed by atoms with Crippen LogP contribution in [0.4, 0.5) is 5.69 Å². The van der Waals surface area contributed by atoms with Crippen molar-refractivity contribution in [3.63, 3.8) is 0 Å². The minimum absolute atomic E-state index is 0.0223. The average Bonchev–Trinajstić information content (AvgIpc) is 3.17.